The van der Waals surface area contributed by atoms with E-state index in [1.165, 1.54) is 0 Å². The maximum absolute atomic E-state index is 12.3. The Labute approximate surface area is 138 Å². The first-order chi connectivity index (χ1) is 11.2. The maximum atomic E-state index is 12.3. The van der Waals surface area contributed by atoms with E-state index in [2.05, 4.69) is 15.5 Å². The van der Waals surface area contributed by atoms with Crippen molar-refractivity contribution in [2.24, 2.45) is 0 Å². The zero-order valence-electron chi connectivity index (χ0n) is 12.5. The number of anilines is 1. The molecule has 0 aliphatic rings. The highest BCUT2D eigenvalue weighted by Crippen LogP contribution is 2.21. The van der Waals surface area contributed by atoms with E-state index >= 15 is 0 Å². The van der Waals surface area contributed by atoms with Crippen molar-refractivity contribution in [2.75, 3.05) is 5.32 Å². The van der Waals surface area contributed by atoms with E-state index < -0.39 is 0 Å². The van der Waals surface area contributed by atoms with Crippen molar-refractivity contribution in [1.82, 2.24) is 14.8 Å². The SMILES string of the molecule is CCn1cnnc1-c1cccc(NC(=O)c2ccc(Cl)cc2)c1. The van der Waals surface area contributed by atoms with E-state index in [0.29, 0.717) is 16.3 Å². The van der Waals surface area contributed by atoms with Gasteiger partial charge in [-0.15, -0.1) is 10.2 Å². The molecular formula is C17H15ClN4O. The van der Waals surface area contributed by atoms with Crippen LogP contribution < -0.4 is 5.32 Å². The van der Waals surface area contributed by atoms with E-state index in [-0.39, 0.29) is 5.91 Å². The average Bonchev–Trinajstić information content (AvgIpc) is 3.04. The Hall–Kier alpha value is -2.66. The zero-order chi connectivity index (χ0) is 16.2. The lowest BCUT2D eigenvalue weighted by molar-refractivity contribution is 0.102. The van der Waals surface area contributed by atoms with Crippen LogP contribution in [0, 0.1) is 0 Å². The van der Waals surface area contributed by atoms with Crippen LogP contribution in [0.25, 0.3) is 11.4 Å². The van der Waals surface area contributed by atoms with Gasteiger partial charge in [-0.25, -0.2) is 0 Å². The van der Waals surface area contributed by atoms with Crippen LogP contribution in [0.5, 0.6) is 0 Å². The van der Waals surface area contributed by atoms with Crippen molar-refractivity contribution in [2.45, 2.75) is 13.5 Å². The Balaban J connectivity index is 1.83. The van der Waals surface area contributed by atoms with Crippen molar-refractivity contribution >= 4 is 23.2 Å². The molecule has 0 fully saturated rings. The zero-order valence-corrected chi connectivity index (χ0v) is 13.3. The van der Waals surface area contributed by atoms with Crippen molar-refractivity contribution < 1.29 is 4.79 Å². The molecule has 0 radical (unpaired) electrons. The number of halogens is 1. The van der Waals surface area contributed by atoms with Gasteiger partial charge in [0.25, 0.3) is 5.91 Å². The molecule has 5 nitrogen and oxygen atoms in total. The van der Waals surface area contributed by atoms with Crippen LogP contribution in [0.2, 0.25) is 5.02 Å². The van der Waals surface area contributed by atoms with Crippen molar-refractivity contribution in [1.29, 1.82) is 0 Å². The lowest BCUT2D eigenvalue weighted by atomic mass is 10.1. The summed E-state index contributed by atoms with van der Waals surface area (Å²) in [5, 5.41) is 11.5. The molecule has 0 bridgehead atoms. The molecule has 0 saturated carbocycles. The summed E-state index contributed by atoms with van der Waals surface area (Å²) in [7, 11) is 0. The molecular weight excluding hydrogens is 312 g/mol. The second kappa shape index (κ2) is 6.62. The number of hydrogen-bond donors (Lipinski definition) is 1. The minimum Gasteiger partial charge on any atom is -0.322 e. The van der Waals surface area contributed by atoms with Gasteiger partial charge in [-0.2, -0.15) is 0 Å². The molecule has 3 aromatic rings. The first-order valence-corrected chi connectivity index (χ1v) is 7.60. The predicted octanol–water partition coefficient (Wildman–Crippen LogP) is 3.87. The minimum absolute atomic E-state index is 0.184. The molecule has 1 amide bonds. The van der Waals surface area contributed by atoms with Crippen LogP contribution in [0.1, 0.15) is 17.3 Å². The van der Waals surface area contributed by atoms with Gasteiger partial charge in [-0.3, -0.25) is 4.79 Å². The number of benzene rings is 2. The van der Waals surface area contributed by atoms with Gasteiger partial charge in [0.1, 0.15) is 6.33 Å². The molecule has 0 spiro atoms. The molecule has 1 aromatic heterocycles. The topological polar surface area (TPSA) is 59.8 Å². The van der Waals surface area contributed by atoms with Crippen LogP contribution >= 0.6 is 11.6 Å². The summed E-state index contributed by atoms with van der Waals surface area (Å²) < 4.78 is 1.94. The third kappa shape index (κ3) is 3.40. The normalized spacial score (nSPS) is 10.5. The van der Waals surface area contributed by atoms with Crippen molar-refractivity contribution in [3.05, 3.63) is 65.4 Å². The van der Waals surface area contributed by atoms with Crippen molar-refractivity contribution in [3.8, 4) is 11.4 Å². The van der Waals surface area contributed by atoms with Crippen LogP contribution in [-0.4, -0.2) is 20.7 Å². The van der Waals surface area contributed by atoms with Crippen LogP contribution in [0.3, 0.4) is 0 Å². The monoisotopic (exact) mass is 326 g/mol. The lowest BCUT2D eigenvalue weighted by Gasteiger charge is -2.08. The highest BCUT2D eigenvalue weighted by atomic mass is 35.5. The molecule has 23 heavy (non-hydrogen) atoms. The average molecular weight is 327 g/mol. The summed E-state index contributed by atoms with van der Waals surface area (Å²) in [5.41, 5.74) is 2.16. The van der Waals surface area contributed by atoms with E-state index in [1.807, 2.05) is 35.8 Å². The highest BCUT2D eigenvalue weighted by molar-refractivity contribution is 6.30. The number of nitrogens with zero attached hydrogens (tertiary/aromatic N) is 3. The fourth-order valence-corrected chi connectivity index (χ4v) is 2.38. The fraction of sp³-hybridized carbons (Fsp3) is 0.118. The Kier molecular flexibility index (Phi) is 4.39. The second-order valence-electron chi connectivity index (χ2n) is 4.98. The molecule has 0 aliphatic carbocycles. The second-order valence-corrected chi connectivity index (χ2v) is 5.42. The van der Waals surface area contributed by atoms with E-state index in [0.717, 1.165) is 17.9 Å². The Morgan fingerprint density at radius 1 is 1.22 bits per heavy atom. The third-order valence-corrected chi connectivity index (χ3v) is 3.69. The van der Waals surface area contributed by atoms with Crippen LogP contribution in [0.15, 0.2) is 54.9 Å². The summed E-state index contributed by atoms with van der Waals surface area (Å²) in [6.07, 6.45) is 1.69. The molecule has 0 unspecified atom stereocenters. The van der Waals surface area contributed by atoms with Gasteiger partial charge < -0.3 is 9.88 Å². The number of rotatable bonds is 4. The largest absolute Gasteiger partial charge is 0.322 e. The van der Waals surface area contributed by atoms with Gasteiger partial charge in [-0.1, -0.05) is 23.7 Å². The Morgan fingerprint density at radius 3 is 2.74 bits per heavy atom. The molecule has 1 heterocycles. The number of hydrogen-bond acceptors (Lipinski definition) is 3. The van der Waals surface area contributed by atoms with E-state index in [4.69, 9.17) is 11.6 Å². The standard InChI is InChI=1S/C17H15ClN4O/c1-2-22-11-19-21-16(22)13-4-3-5-15(10-13)20-17(23)12-6-8-14(18)9-7-12/h3-11H,2H2,1H3,(H,20,23). The molecule has 116 valence electrons. The molecule has 0 saturated heterocycles. The number of amides is 1. The van der Waals surface area contributed by atoms with Gasteiger partial charge in [0.15, 0.2) is 5.82 Å². The Bertz CT molecular complexity index is 827. The minimum atomic E-state index is -0.184. The predicted molar refractivity (Wildman–Crippen MR) is 90.5 cm³/mol. The molecule has 0 atom stereocenters. The summed E-state index contributed by atoms with van der Waals surface area (Å²) >= 11 is 5.84. The molecule has 0 aliphatic heterocycles. The van der Waals surface area contributed by atoms with Crippen LogP contribution in [-0.2, 0) is 6.54 Å². The fourth-order valence-electron chi connectivity index (χ4n) is 2.25. The molecule has 2 aromatic carbocycles. The third-order valence-electron chi connectivity index (χ3n) is 3.44. The summed E-state index contributed by atoms with van der Waals surface area (Å²) in [5.74, 6) is 0.589. The van der Waals surface area contributed by atoms with Crippen LogP contribution in [0.4, 0.5) is 5.69 Å². The number of nitrogens with one attached hydrogen (secondary N) is 1. The smallest absolute Gasteiger partial charge is 0.255 e. The van der Waals surface area contributed by atoms with E-state index in [1.54, 1.807) is 30.6 Å². The molecule has 3 rings (SSSR count). The number of carbonyl (C=O) groups excluding carboxylic acids is 1. The summed E-state index contributed by atoms with van der Waals surface area (Å²) in [4.78, 5) is 12.3. The van der Waals surface area contributed by atoms with Crippen molar-refractivity contribution in [3.63, 3.8) is 0 Å². The molecule has 6 heteroatoms. The Morgan fingerprint density at radius 2 is 2.00 bits per heavy atom. The first kappa shape index (κ1) is 15.2. The highest BCUT2D eigenvalue weighted by Gasteiger charge is 2.09. The summed E-state index contributed by atoms with van der Waals surface area (Å²) in [6.45, 7) is 2.81. The quantitative estimate of drug-likeness (QED) is 0.791. The number of carbonyl (C=O) groups is 1. The summed E-state index contributed by atoms with van der Waals surface area (Å²) in [6, 6.07) is 14.3. The number of aromatic nitrogens is 3. The van der Waals surface area contributed by atoms with Gasteiger partial charge in [0.2, 0.25) is 0 Å². The number of aryl methyl sites for hydroxylation is 1. The van der Waals surface area contributed by atoms with Gasteiger partial charge in [0.05, 0.1) is 0 Å². The van der Waals surface area contributed by atoms with Gasteiger partial charge in [0, 0.05) is 28.4 Å². The van der Waals surface area contributed by atoms with Gasteiger partial charge in [-0.05, 0) is 43.3 Å². The lowest BCUT2D eigenvalue weighted by Crippen LogP contribution is -2.11. The molecule has 1 N–H and O–H groups in total. The van der Waals surface area contributed by atoms with Gasteiger partial charge >= 0.3 is 0 Å². The maximum Gasteiger partial charge on any atom is 0.255 e. The first-order valence-electron chi connectivity index (χ1n) is 7.22. The van der Waals surface area contributed by atoms with E-state index in [9.17, 15) is 4.79 Å².